The van der Waals surface area contributed by atoms with Crippen LogP contribution in [0.4, 0.5) is 5.69 Å². The molecule has 188 valence electrons. The summed E-state index contributed by atoms with van der Waals surface area (Å²) in [5, 5.41) is 10.3. The molecule has 1 aromatic carbocycles. The summed E-state index contributed by atoms with van der Waals surface area (Å²) in [4.78, 5) is 44.4. The fourth-order valence-corrected chi connectivity index (χ4v) is 8.48. The van der Waals surface area contributed by atoms with Gasteiger partial charge in [0.05, 0.1) is 39.9 Å². The fraction of sp³-hybridized carbons (Fsp3) is 0.500. The summed E-state index contributed by atoms with van der Waals surface area (Å²) in [5.41, 5.74) is 1.39. The first kappa shape index (κ1) is 25.8. The number of thioether (sulfide) groups is 1. The number of nitrogens with zero attached hydrogens (tertiary/aromatic N) is 2. The van der Waals surface area contributed by atoms with E-state index < -0.39 is 34.6 Å². The summed E-state index contributed by atoms with van der Waals surface area (Å²) in [5.74, 6) is -2.33. The summed E-state index contributed by atoms with van der Waals surface area (Å²) in [7, 11) is 0. The Morgan fingerprint density at radius 3 is 2.77 bits per heavy atom. The minimum atomic E-state index is -0.857. The average Bonchev–Trinajstić information content (AvgIpc) is 3.48. The molecule has 3 aliphatic rings. The highest BCUT2D eigenvalue weighted by Gasteiger charge is 2.74. The number of hydrogen-bond donors (Lipinski definition) is 1. The molecule has 1 N–H and O–H groups in total. The zero-order valence-electron chi connectivity index (χ0n) is 20.0. The van der Waals surface area contributed by atoms with Crippen LogP contribution in [0.25, 0.3) is 0 Å². The molecule has 3 heterocycles. The summed E-state index contributed by atoms with van der Waals surface area (Å²) < 4.78 is 4.59. The lowest BCUT2D eigenvalue weighted by molar-refractivity contribution is -0.153. The molecule has 7 nitrogen and oxygen atoms in total. The summed E-state index contributed by atoms with van der Waals surface area (Å²) >= 11 is 8.10. The molecule has 2 unspecified atom stereocenters. The molecule has 0 saturated carbocycles. The van der Waals surface area contributed by atoms with E-state index in [1.165, 1.54) is 11.0 Å². The number of para-hydroxylation sites is 1. The van der Waals surface area contributed by atoms with Crippen LogP contribution >= 0.6 is 23.4 Å². The number of likely N-dealkylation sites (tertiary alicyclic amines) is 1. The Morgan fingerprint density at radius 1 is 1.40 bits per heavy atom. The van der Waals surface area contributed by atoms with Crippen LogP contribution in [0.1, 0.15) is 25.3 Å². The lowest BCUT2D eigenvalue weighted by Gasteiger charge is -2.39. The van der Waals surface area contributed by atoms with Crippen molar-refractivity contribution in [1.29, 1.82) is 0 Å². The van der Waals surface area contributed by atoms with Crippen molar-refractivity contribution in [3.8, 4) is 0 Å². The number of hydrogen-bond acceptors (Lipinski definition) is 6. The number of aliphatic hydroxyl groups is 1. The number of aliphatic hydroxyl groups excluding tert-OH is 1. The van der Waals surface area contributed by atoms with Crippen LogP contribution in [0.15, 0.2) is 43.5 Å². The van der Waals surface area contributed by atoms with Crippen LogP contribution < -0.4 is 4.90 Å². The van der Waals surface area contributed by atoms with Gasteiger partial charge in [-0.1, -0.05) is 42.5 Å². The number of amides is 2. The first-order valence-corrected chi connectivity index (χ1v) is 13.0. The van der Waals surface area contributed by atoms with E-state index in [0.717, 1.165) is 5.56 Å². The quantitative estimate of drug-likeness (QED) is 0.398. The van der Waals surface area contributed by atoms with Crippen molar-refractivity contribution in [3.63, 3.8) is 0 Å². The van der Waals surface area contributed by atoms with Crippen molar-refractivity contribution in [2.24, 2.45) is 11.8 Å². The van der Waals surface area contributed by atoms with Gasteiger partial charge < -0.3 is 19.6 Å². The largest absolute Gasteiger partial charge is 0.461 e. The summed E-state index contributed by atoms with van der Waals surface area (Å²) in [6.07, 6.45) is 4.45. The Bertz CT molecular complexity index is 1040. The molecule has 0 radical (unpaired) electrons. The topological polar surface area (TPSA) is 87.1 Å². The second-order valence-electron chi connectivity index (χ2n) is 9.39. The predicted octanol–water partition coefficient (Wildman–Crippen LogP) is 3.37. The summed E-state index contributed by atoms with van der Waals surface area (Å²) in [6, 6.07) is 3.97. The van der Waals surface area contributed by atoms with Crippen LogP contribution in [0.3, 0.4) is 0 Å². The monoisotopic (exact) mass is 518 g/mol. The Morgan fingerprint density at radius 2 is 2.14 bits per heavy atom. The van der Waals surface area contributed by atoms with Crippen molar-refractivity contribution in [3.05, 3.63) is 54.1 Å². The maximum absolute atomic E-state index is 14.4. The molecule has 2 bridgehead atoms. The predicted molar refractivity (Wildman–Crippen MR) is 137 cm³/mol. The Labute approximate surface area is 215 Å². The molecule has 1 aromatic rings. The third-order valence-electron chi connectivity index (χ3n) is 7.36. The van der Waals surface area contributed by atoms with E-state index in [0.29, 0.717) is 23.6 Å². The maximum atomic E-state index is 14.4. The van der Waals surface area contributed by atoms with Crippen LogP contribution in [0, 0.1) is 18.8 Å². The van der Waals surface area contributed by atoms with E-state index in [2.05, 4.69) is 13.2 Å². The molecule has 4 rings (SSSR count). The van der Waals surface area contributed by atoms with E-state index in [-0.39, 0.29) is 36.8 Å². The van der Waals surface area contributed by atoms with Gasteiger partial charge in [0, 0.05) is 11.8 Å². The van der Waals surface area contributed by atoms with Crippen LogP contribution in [-0.2, 0) is 19.1 Å². The molecule has 3 fully saturated rings. The first-order chi connectivity index (χ1) is 16.7. The molecule has 0 aliphatic carbocycles. The van der Waals surface area contributed by atoms with Crippen molar-refractivity contribution in [2.75, 3.05) is 24.7 Å². The number of benzene rings is 1. The van der Waals surface area contributed by atoms with E-state index >= 15 is 0 Å². The van der Waals surface area contributed by atoms with Crippen LogP contribution in [0.5, 0.6) is 0 Å². The first-order valence-electron chi connectivity index (χ1n) is 11.8. The van der Waals surface area contributed by atoms with Crippen molar-refractivity contribution < 1.29 is 24.2 Å². The third kappa shape index (κ3) is 3.99. The fourth-order valence-electron chi connectivity index (χ4n) is 5.97. The van der Waals surface area contributed by atoms with Crippen molar-refractivity contribution in [1.82, 2.24) is 4.90 Å². The normalized spacial score (nSPS) is 29.6. The molecule has 35 heavy (non-hydrogen) atoms. The Kier molecular flexibility index (Phi) is 7.36. The second-order valence-corrected chi connectivity index (χ2v) is 11.4. The van der Waals surface area contributed by atoms with Crippen LogP contribution in [0.2, 0.25) is 5.02 Å². The molecule has 3 saturated heterocycles. The third-order valence-corrected chi connectivity index (χ3v) is 9.62. The molecule has 6 atom stereocenters. The Balaban J connectivity index is 1.81. The van der Waals surface area contributed by atoms with Gasteiger partial charge in [-0.05, 0) is 38.3 Å². The zero-order chi connectivity index (χ0) is 25.5. The van der Waals surface area contributed by atoms with Gasteiger partial charge in [-0.2, -0.15) is 0 Å². The van der Waals surface area contributed by atoms with E-state index in [1.54, 1.807) is 35.7 Å². The van der Waals surface area contributed by atoms with Gasteiger partial charge in [0.1, 0.15) is 12.6 Å². The number of esters is 1. The van der Waals surface area contributed by atoms with E-state index in [1.807, 2.05) is 19.1 Å². The van der Waals surface area contributed by atoms with Crippen molar-refractivity contribution in [2.45, 2.75) is 48.8 Å². The van der Waals surface area contributed by atoms with Gasteiger partial charge in [-0.25, -0.2) is 0 Å². The van der Waals surface area contributed by atoms with Gasteiger partial charge in [0.2, 0.25) is 5.91 Å². The number of ether oxygens (including phenoxy) is 1. The molecule has 2 amide bonds. The second kappa shape index (κ2) is 9.99. The number of carbonyl (C=O) groups excluding carboxylic acids is 3. The Hall–Kier alpha value is -2.29. The number of aryl methyl sites for hydroxylation is 1. The number of anilines is 1. The zero-order valence-corrected chi connectivity index (χ0v) is 21.6. The van der Waals surface area contributed by atoms with Gasteiger partial charge in [-0.15, -0.1) is 18.3 Å². The van der Waals surface area contributed by atoms with Gasteiger partial charge in [0.15, 0.2) is 0 Å². The van der Waals surface area contributed by atoms with Gasteiger partial charge >= 0.3 is 5.97 Å². The highest BCUT2D eigenvalue weighted by Crippen LogP contribution is 2.67. The van der Waals surface area contributed by atoms with Crippen LogP contribution in [-0.4, -0.2) is 69.6 Å². The molecule has 0 aromatic heterocycles. The van der Waals surface area contributed by atoms with Gasteiger partial charge in [0.25, 0.3) is 5.91 Å². The minimum absolute atomic E-state index is 0.0681. The maximum Gasteiger partial charge on any atom is 0.311 e. The lowest BCUT2D eigenvalue weighted by atomic mass is 9.71. The highest BCUT2D eigenvalue weighted by molar-refractivity contribution is 8.02. The molecule has 9 heteroatoms. The van der Waals surface area contributed by atoms with E-state index in [4.69, 9.17) is 16.3 Å². The minimum Gasteiger partial charge on any atom is -0.461 e. The number of rotatable bonds is 9. The number of halogens is 1. The molecule has 3 aliphatic heterocycles. The SMILES string of the molecule is C=CCOC(=O)[C@@H]1[C@H]2C(=O)N([C@H](C)CO)C(C(=O)N(CC=C)c3c(C)cccc3Cl)C23CC[C@H]1S3. The smallest absolute Gasteiger partial charge is 0.311 e. The molecule has 1 spiro atoms. The summed E-state index contributed by atoms with van der Waals surface area (Å²) in [6.45, 7) is 11.0. The standard InChI is InChI=1S/C26H31ClN2O5S/c1-5-12-28(21-15(3)8-7-9-17(21)27)24(32)22-26-11-10-18(35-26)19(25(33)34-13-6-2)20(26)23(31)29(22)16(4)14-30/h5-9,16,18-20,22,30H,1-2,10-14H2,3-4H3/t16-,18-,19+,20+,22?,26?/m1/s1. The number of fused-ring (bicyclic) bond motifs is 1. The van der Waals surface area contributed by atoms with Gasteiger partial charge in [-0.3, -0.25) is 14.4 Å². The lowest BCUT2D eigenvalue weighted by Crippen LogP contribution is -2.57. The van der Waals surface area contributed by atoms with E-state index in [9.17, 15) is 19.5 Å². The molecular formula is C26H31ClN2O5S. The highest BCUT2D eigenvalue weighted by atomic mass is 35.5. The average molecular weight is 519 g/mol. The molecular weight excluding hydrogens is 488 g/mol. The van der Waals surface area contributed by atoms with Crippen molar-refractivity contribution >= 4 is 46.8 Å². The number of carbonyl (C=O) groups is 3.